The highest BCUT2D eigenvalue weighted by Crippen LogP contribution is 2.04. The number of nitrogens with one attached hydrogen (secondary N) is 2. The van der Waals surface area contributed by atoms with Crippen molar-refractivity contribution in [3.63, 3.8) is 0 Å². The molecule has 2 N–H and O–H groups in total. The molecule has 2 rings (SSSR count). The molecular weight excluding hydrogens is 306 g/mol. The number of rotatable bonds is 6. The van der Waals surface area contributed by atoms with Crippen LogP contribution < -0.4 is 10.2 Å². The van der Waals surface area contributed by atoms with E-state index < -0.39 is 0 Å². The number of hydrogen-bond acceptors (Lipinski definition) is 3. The molecule has 0 amide bonds. The van der Waals surface area contributed by atoms with Crippen LogP contribution in [0.25, 0.3) is 0 Å². The van der Waals surface area contributed by atoms with E-state index in [2.05, 4.69) is 33.3 Å². The number of nitrogens with zero attached hydrogens (tertiary/aromatic N) is 1. The molecule has 1 aliphatic heterocycles. The van der Waals surface area contributed by atoms with Crippen molar-refractivity contribution in [3.05, 3.63) is 22.4 Å². The topological polar surface area (TPSA) is 19.7 Å². The Kier molecular flexibility index (Phi) is 7.13. The van der Waals surface area contributed by atoms with Crippen molar-refractivity contribution < 1.29 is 4.90 Å². The third kappa shape index (κ3) is 5.24. The summed E-state index contributed by atoms with van der Waals surface area (Å²) in [6.07, 6.45) is 3.33. The lowest BCUT2D eigenvalue weighted by Crippen LogP contribution is -3.13. The lowest BCUT2D eigenvalue weighted by atomic mass is 10.2. The Bertz CT molecular complexity index is 386. The van der Waals surface area contributed by atoms with E-state index in [1.807, 2.05) is 11.8 Å². The standard InChI is InChI=1S/C14H23N3S3/c1-19-9-2-4-15-14(18)17-7-5-16(6-8-17)11-13-3-10-20-12-13/h3,10,12H,2,4-9,11H2,1H3,(H,15,18)/p+1. The van der Waals surface area contributed by atoms with Crippen LogP contribution in [0.15, 0.2) is 16.8 Å². The maximum atomic E-state index is 5.48. The SMILES string of the molecule is CSCCCNC(=S)N1CC[NH+](Cc2ccsc2)CC1. The number of hydrogen-bond donors (Lipinski definition) is 2. The van der Waals surface area contributed by atoms with E-state index in [4.69, 9.17) is 12.2 Å². The highest BCUT2D eigenvalue weighted by molar-refractivity contribution is 7.98. The third-order valence-corrected chi connectivity index (χ3v) is 5.42. The number of thiocarbonyl (C=S) groups is 1. The fraction of sp³-hybridized carbons (Fsp3) is 0.643. The summed E-state index contributed by atoms with van der Waals surface area (Å²) in [5, 5.41) is 8.76. The van der Waals surface area contributed by atoms with E-state index in [9.17, 15) is 0 Å². The highest BCUT2D eigenvalue weighted by atomic mass is 32.2. The molecule has 0 saturated carbocycles. The second-order valence-corrected chi connectivity index (χ2v) is 7.28. The molecule has 0 spiro atoms. The average Bonchev–Trinajstić information content (AvgIpc) is 2.97. The van der Waals surface area contributed by atoms with Crippen LogP contribution in [0.2, 0.25) is 0 Å². The van der Waals surface area contributed by atoms with Gasteiger partial charge in [0.15, 0.2) is 5.11 Å². The van der Waals surface area contributed by atoms with E-state index in [0.29, 0.717) is 0 Å². The molecule has 1 saturated heterocycles. The molecule has 1 aliphatic rings. The zero-order valence-corrected chi connectivity index (χ0v) is 14.5. The zero-order chi connectivity index (χ0) is 14.2. The van der Waals surface area contributed by atoms with Crippen LogP contribution in [-0.4, -0.2) is 54.7 Å². The van der Waals surface area contributed by atoms with Gasteiger partial charge in [0.2, 0.25) is 0 Å². The zero-order valence-electron chi connectivity index (χ0n) is 12.1. The summed E-state index contributed by atoms with van der Waals surface area (Å²) in [5.74, 6) is 1.20. The van der Waals surface area contributed by atoms with Gasteiger partial charge in [-0.25, -0.2) is 0 Å². The van der Waals surface area contributed by atoms with Crippen molar-refractivity contribution in [3.8, 4) is 0 Å². The van der Waals surface area contributed by atoms with Gasteiger partial charge in [0.05, 0.1) is 26.2 Å². The fourth-order valence-corrected chi connectivity index (χ4v) is 3.79. The molecule has 6 heteroatoms. The summed E-state index contributed by atoms with van der Waals surface area (Å²) in [6.45, 7) is 6.68. The second kappa shape index (κ2) is 8.87. The molecule has 0 radical (unpaired) electrons. The van der Waals surface area contributed by atoms with E-state index >= 15 is 0 Å². The smallest absolute Gasteiger partial charge is 0.169 e. The van der Waals surface area contributed by atoms with Crippen molar-refractivity contribution >= 4 is 40.4 Å². The maximum absolute atomic E-state index is 5.48. The van der Waals surface area contributed by atoms with E-state index in [-0.39, 0.29) is 0 Å². The van der Waals surface area contributed by atoms with Crippen LogP contribution in [0.1, 0.15) is 12.0 Å². The summed E-state index contributed by atoms with van der Waals surface area (Å²) >= 11 is 9.16. The molecule has 2 heterocycles. The lowest BCUT2D eigenvalue weighted by molar-refractivity contribution is -0.917. The van der Waals surface area contributed by atoms with Crippen molar-refractivity contribution in [2.45, 2.75) is 13.0 Å². The lowest BCUT2D eigenvalue weighted by Gasteiger charge is -2.33. The predicted octanol–water partition coefficient (Wildman–Crippen LogP) is 1.08. The normalized spacial score (nSPS) is 16.4. The molecule has 1 aromatic heterocycles. The molecule has 0 unspecified atom stereocenters. The molecule has 3 nitrogen and oxygen atoms in total. The molecule has 20 heavy (non-hydrogen) atoms. The van der Waals surface area contributed by atoms with Crippen LogP contribution in [0.3, 0.4) is 0 Å². The average molecular weight is 331 g/mol. The van der Waals surface area contributed by atoms with Crippen molar-refractivity contribution in [2.24, 2.45) is 0 Å². The number of thiophene rings is 1. The number of thioether (sulfide) groups is 1. The summed E-state index contributed by atoms with van der Waals surface area (Å²) < 4.78 is 0. The van der Waals surface area contributed by atoms with Crippen LogP contribution in [-0.2, 0) is 6.54 Å². The Morgan fingerprint density at radius 3 is 2.95 bits per heavy atom. The van der Waals surface area contributed by atoms with Gasteiger partial charge in [0, 0.05) is 12.1 Å². The first kappa shape index (κ1) is 16.1. The van der Waals surface area contributed by atoms with Gasteiger partial charge in [-0.15, -0.1) is 0 Å². The van der Waals surface area contributed by atoms with Crippen molar-refractivity contribution in [1.29, 1.82) is 0 Å². The first-order chi connectivity index (χ1) is 9.79. The molecule has 0 aliphatic carbocycles. The number of piperazine rings is 1. The summed E-state index contributed by atoms with van der Waals surface area (Å²) in [4.78, 5) is 4.00. The first-order valence-corrected chi connectivity index (χ1v) is 9.90. The minimum atomic E-state index is 0.945. The first-order valence-electron chi connectivity index (χ1n) is 7.16. The quantitative estimate of drug-likeness (QED) is 0.601. The minimum Gasteiger partial charge on any atom is -0.363 e. The summed E-state index contributed by atoms with van der Waals surface area (Å²) in [7, 11) is 0. The maximum Gasteiger partial charge on any atom is 0.169 e. The van der Waals surface area contributed by atoms with Crippen molar-refractivity contribution in [2.75, 3.05) is 44.7 Å². The van der Waals surface area contributed by atoms with Gasteiger partial charge < -0.3 is 15.1 Å². The van der Waals surface area contributed by atoms with Crippen molar-refractivity contribution in [1.82, 2.24) is 10.2 Å². The Balaban J connectivity index is 1.64. The van der Waals surface area contributed by atoms with E-state index in [1.165, 1.54) is 30.8 Å². The largest absolute Gasteiger partial charge is 0.363 e. The molecule has 0 aromatic carbocycles. The van der Waals surface area contributed by atoms with Gasteiger partial charge in [0.1, 0.15) is 6.54 Å². The fourth-order valence-electron chi connectivity index (χ4n) is 2.41. The Labute approximate surface area is 135 Å². The second-order valence-electron chi connectivity index (χ2n) is 5.12. The van der Waals surface area contributed by atoms with Gasteiger partial charge in [-0.3, -0.25) is 0 Å². The van der Waals surface area contributed by atoms with Gasteiger partial charge in [0.25, 0.3) is 0 Å². The van der Waals surface area contributed by atoms with Crippen LogP contribution >= 0.6 is 35.3 Å². The highest BCUT2D eigenvalue weighted by Gasteiger charge is 2.21. The minimum absolute atomic E-state index is 0.945. The molecule has 1 fully saturated rings. The summed E-state index contributed by atoms with van der Waals surface area (Å²) in [6, 6.07) is 2.24. The van der Waals surface area contributed by atoms with Gasteiger partial charge in [-0.05, 0) is 47.5 Å². The van der Waals surface area contributed by atoms with Crippen LogP contribution in [0.4, 0.5) is 0 Å². The molecule has 112 valence electrons. The summed E-state index contributed by atoms with van der Waals surface area (Å²) in [5.41, 5.74) is 1.47. The number of quaternary nitrogens is 1. The van der Waals surface area contributed by atoms with Gasteiger partial charge in [-0.1, -0.05) is 0 Å². The van der Waals surface area contributed by atoms with Crippen LogP contribution in [0, 0.1) is 0 Å². The van der Waals surface area contributed by atoms with E-state index in [0.717, 1.165) is 31.3 Å². The predicted molar refractivity (Wildman–Crippen MR) is 93.9 cm³/mol. The third-order valence-electron chi connectivity index (χ3n) is 3.59. The molecule has 1 aromatic rings. The Morgan fingerprint density at radius 1 is 1.50 bits per heavy atom. The Hall–Kier alpha value is -0.300. The molecular formula is C14H24N3S3+. The van der Waals surface area contributed by atoms with E-state index in [1.54, 1.807) is 16.2 Å². The molecule has 0 atom stereocenters. The Morgan fingerprint density at radius 2 is 2.30 bits per heavy atom. The van der Waals surface area contributed by atoms with Gasteiger partial charge >= 0.3 is 0 Å². The monoisotopic (exact) mass is 330 g/mol. The van der Waals surface area contributed by atoms with Crippen LogP contribution in [0.5, 0.6) is 0 Å². The van der Waals surface area contributed by atoms with Gasteiger partial charge in [-0.2, -0.15) is 23.1 Å². The molecule has 0 bridgehead atoms.